The van der Waals surface area contributed by atoms with Crippen LogP contribution in [0.4, 0.5) is 11.4 Å². The summed E-state index contributed by atoms with van der Waals surface area (Å²) < 4.78 is 5.52. The standard InChI is InChI=1S/C24H19N3O3/c1-15(28)27-12-11-17-13-19(8-10-22(17)27)25-24(29)18-7-9-21-20(14-18)23(30-26-21)16-5-3-2-4-6-16/h2-10,13-14H,11-12H2,1H3,(H,25,29). The number of amides is 2. The minimum atomic E-state index is -0.210. The number of rotatable bonds is 3. The lowest BCUT2D eigenvalue weighted by Crippen LogP contribution is -2.25. The third-order valence-corrected chi connectivity index (χ3v) is 5.39. The minimum absolute atomic E-state index is 0.0294. The fourth-order valence-corrected chi connectivity index (χ4v) is 3.89. The molecule has 0 bridgehead atoms. The zero-order chi connectivity index (χ0) is 20.7. The van der Waals surface area contributed by atoms with Gasteiger partial charge in [-0.2, -0.15) is 0 Å². The van der Waals surface area contributed by atoms with Gasteiger partial charge in [0.2, 0.25) is 5.91 Å². The van der Waals surface area contributed by atoms with Gasteiger partial charge in [0, 0.05) is 36.0 Å². The van der Waals surface area contributed by atoms with E-state index in [4.69, 9.17) is 4.52 Å². The van der Waals surface area contributed by atoms with Crippen LogP contribution in [0.25, 0.3) is 22.2 Å². The highest BCUT2D eigenvalue weighted by Crippen LogP contribution is 2.32. The van der Waals surface area contributed by atoms with Crippen molar-refractivity contribution in [2.45, 2.75) is 13.3 Å². The van der Waals surface area contributed by atoms with Crippen LogP contribution in [0.15, 0.2) is 71.3 Å². The fraction of sp³-hybridized carbons (Fsp3) is 0.125. The minimum Gasteiger partial charge on any atom is -0.355 e. The zero-order valence-electron chi connectivity index (χ0n) is 16.4. The number of carbonyl (C=O) groups excluding carboxylic acids is 2. The molecule has 0 spiro atoms. The zero-order valence-corrected chi connectivity index (χ0v) is 16.4. The molecule has 0 atom stereocenters. The highest BCUT2D eigenvalue weighted by Gasteiger charge is 2.22. The maximum absolute atomic E-state index is 12.9. The lowest BCUT2D eigenvalue weighted by molar-refractivity contribution is -0.116. The molecule has 6 heteroatoms. The van der Waals surface area contributed by atoms with Crippen LogP contribution in [0, 0.1) is 0 Å². The van der Waals surface area contributed by atoms with Gasteiger partial charge in [0.25, 0.3) is 5.91 Å². The molecule has 0 saturated carbocycles. The van der Waals surface area contributed by atoms with Gasteiger partial charge < -0.3 is 14.7 Å². The average Bonchev–Trinajstić information content (AvgIpc) is 3.37. The van der Waals surface area contributed by atoms with Crippen molar-refractivity contribution in [3.8, 4) is 11.3 Å². The first-order valence-electron chi connectivity index (χ1n) is 9.77. The van der Waals surface area contributed by atoms with Crippen LogP contribution < -0.4 is 10.2 Å². The van der Waals surface area contributed by atoms with Gasteiger partial charge in [-0.15, -0.1) is 0 Å². The molecule has 5 rings (SSSR count). The third-order valence-electron chi connectivity index (χ3n) is 5.39. The topological polar surface area (TPSA) is 75.4 Å². The van der Waals surface area contributed by atoms with E-state index in [0.717, 1.165) is 28.6 Å². The van der Waals surface area contributed by atoms with E-state index in [1.165, 1.54) is 0 Å². The second-order valence-electron chi connectivity index (χ2n) is 7.33. The van der Waals surface area contributed by atoms with Gasteiger partial charge in [0.1, 0.15) is 5.52 Å². The largest absolute Gasteiger partial charge is 0.355 e. The Bertz CT molecular complexity index is 1280. The molecule has 1 N–H and O–H groups in total. The Balaban J connectivity index is 1.42. The first-order chi connectivity index (χ1) is 14.6. The van der Waals surface area contributed by atoms with Crippen molar-refractivity contribution in [2.24, 2.45) is 0 Å². The van der Waals surface area contributed by atoms with Crippen molar-refractivity contribution >= 4 is 34.1 Å². The summed E-state index contributed by atoms with van der Waals surface area (Å²) in [6, 6.07) is 20.7. The molecular weight excluding hydrogens is 378 g/mol. The van der Waals surface area contributed by atoms with Crippen molar-refractivity contribution in [3.05, 3.63) is 77.9 Å². The molecule has 0 aliphatic carbocycles. The van der Waals surface area contributed by atoms with Gasteiger partial charge in [-0.25, -0.2) is 0 Å². The molecule has 0 unspecified atom stereocenters. The molecule has 2 amide bonds. The molecule has 148 valence electrons. The number of aromatic nitrogens is 1. The number of hydrogen-bond donors (Lipinski definition) is 1. The van der Waals surface area contributed by atoms with Gasteiger partial charge in [0.15, 0.2) is 5.76 Å². The predicted molar refractivity (Wildman–Crippen MR) is 116 cm³/mol. The van der Waals surface area contributed by atoms with E-state index in [2.05, 4.69) is 10.5 Å². The Morgan fingerprint density at radius 2 is 1.87 bits per heavy atom. The van der Waals surface area contributed by atoms with Crippen molar-refractivity contribution in [2.75, 3.05) is 16.8 Å². The predicted octanol–water partition coefficient (Wildman–Crippen LogP) is 4.66. The van der Waals surface area contributed by atoms with Crippen LogP contribution >= 0.6 is 0 Å². The number of anilines is 2. The van der Waals surface area contributed by atoms with E-state index in [1.807, 2.05) is 48.5 Å². The molecule has 6 nitrogen and oxygen atoms in total. The van der Waals surface area contributed by atoms with Gasteiger partial charge in [0.05, 0.1) is 5.39 Å². The quantitative estimate of drug-likeness (QED) is 0.546. The maximum atomic E-state index is 12.9. The van der Waals surface area contributed by atoms with Crippen LogP contribution in [0.2, 0.25) is 0 Å². The van der Waals surface area contributed by atoms with E-state index in [0.29, 0.717) is 29.1 Å². The van der Waals surface area contributed by atoms with Gasteiger partial charge in [-0.05, 0) is 48.4 Å². The van der Waals surface area contributed by atoms with E-state index in [-0.39, 0.29) is 11.8 Å². The summed E-state index contributed by atoms with van der Waals surface area (Å²) in [4.78, 5) is 26.3. The first-order valence-corrected chi connectivity index (χ1v) is 9.77. The van der Waals surface area contributed by atoms with Crippen LogP contribution in [0.3, 0.4) is 0 Å². The molecule has 1 aromatic heterocycles. The molecule has 4 aromatic rings. The summed E-state index contributed by atoms with van der Waals surface area (Å²) >= 11 is 0. The second-order valence-corrected chi connectivity index (χ2v) is 7.33. The summed E-state index contributed by atoms with van der Waals surface area (Å²) in [5.41, 5.74) is 4.81. The Kier molecular flexibility index (Phi) is 4.32. The summed E-state index contributed by atoms with van der Waals surface area (Å²) in [7, 11) is 0. The van der Waals surface area contributed by atoms with Crippen molar-refractivity contribution in [3.63, 3.8) is 0 Å². The summed E-state index contributed by atoms with van der Waals surface area (Å²) in [5, 5.41) is 7.85. The number of hydrogen-bond acceptors (Lipinski definition) is 4. The second kappa shape index (κ2) is 7.15. The fourth-order valence-electron chi connectivity index (χ4n) is 3.89. The lowest BCUT2D eigenvalue weighted by atomic mass is 10.1. The monoisotopic (exact) mass is 397 g/mol. The normalized spacial score (nSPS) is 12.8. The molecule has 1 aliphatic heterocycles. The van der Waals surface area contributed by atoms with Crippen LogP contribution in [-0.2, 0) is 11.2 Å². The maximum Gasteiger partial charge on any atom is 0.255 e. The molecule has 3 aromatic carbocycles. The molecule has 1 aliphatic rings. The Labute approximate surface area is 173 Å². The molecule has 2 heterocycles. The molecule has 30 heavy (non-hydrogen) atoms. The molecule has 0 fully saturated rings. The molecular formula is C24H19N3O3. The van der Waals surface area contributed by atoms with Gasteiger partial charge >= 0.3 is 0 Å². The third kappa shape index (κ3) is 3.12. The summed E-state index contributed by atoms with van der Waals surface area (Å²) in [6.45, 7) is 2.24. The Morgan fingerprint density at radius 1 is 1.03 bits per heavy atom. The average molecular weight is 397 g/mol. The molecule has 0 radical (unpaired) electrons. The van der Waals surface area contributed by atoms with Crippen LogP contribution in [-0.4, -0.2) is 23.5 Å². The lowest BCUT2D eigenvalue weighted by Gasteiger charge is -2.15. The Morgan fingerprint density at radius 3 is 2.67 bits per heavy atom. The SMILES string of the molecule is CC(=O)N1CCc2cc(NC(=O)c3ccc4noc(-c5ccccc5)c4c3)ccc21. The number of nitrogens with one attached hydrogen (secondary N) is 1. The number of carbonyl (C=O) groups is 2. The smallest absolute Gasteiger partial charge is 0.255 e. The van der Waals surface area contributed by atoms with Crippen molar-refractivity contribution in [1.82, 2.24) is 5.16 Å². The van der Waals surface area contributed by atoms with Crippen LogP contribution in [0.5, 0.6) is 0 Å². The van der Waals surface area contributed by atoms with E-state index >= 15 is 0 Å². The first kappa shape index (κ1) is 18.1. The number of nitrogens with zero attached hydrogens (tertiary/aromatic N) is 2. The van der Waals surface area contributed by atoms with E-state index in [9.17, 15) is 9.59 Å². The highest BCUT2D eigenvalue weighted by molar-refractivity contribution is 6.07. The Hall–Kier alpha value is -3.93. The number of benzene rings is 3. The number of fused-ring (bicyclic) bond motifs is 2. The van der Waals surface area contributed by atoms with E-state index in [1.54, 1.807) is 30.0 Å². The van der Waals surface area contributed by atoms with Crippen molar-refractivity contribution < 1.29 is 14.1 Å². The van der Waals surface area contributed by atoms with Gasteiger partial charge in [-0.1, -0.05) is 35.5 Å². The van der Waals surface area contributed by atoms with Crippen molar-refractivity contribution in [1.29, 1.82) is 0 Å². The summed E-state index contributed by atoms with van der Waals surface area (Å²) in [6.07, 6.45) is 0.783. The van der Waals surface area contributed by atoms with Gasteiger partial charge in [-0.3, -0.25) is 9.59 Å². The molecule has 0 saturated heterocycles. The highest BCUT2D eigenvalue weighted by atomic mass is 16.5. The van der Waals surface area contributed by atoms with Crippen LogP contribution in [0.1, 0.15) is 22.8 Å². The van der Waals surface area contributed by atoms with E-state index < -0.39 is 0 Å². The summed E-state index contributed by atoms with van der Waals surface area (Å²) in [5.74, 6) is 0.461.